The number of aliphatic imine (C=N–C) groups is 1. The molecule has 0 fully saturated rings. The van der Waals surface area contributed by atoms with Crippen molar-refractivity contribution in [2.24, 2.45) is 4.99 Å². The molecule has 1 aromatic heterocycles. The number of hydrogen-bond donors (Lipinski definition) is 0. The Morgan fingerprint density at radius 2 is 2.25 bits per heavy atom. The van der Waals surface area contributed by atoms with Gasteiger partial charge in [0.15, 0.2) is 0 Å². The van der Waals surface area contributed by atoms with Gasteiger partial charge in [-0.05, 0) is 38.3 Å². The lowest BCUT2D eigenvalue weighted by Crippen LogP contribution is -2.05. The second kappa shape index (κ2) is 7.64. The van der Waals surface area contributed by atoms with E-state index in [0.29, 0.717) is 17.7 Å². The van der Waals surface area contributed by atoms with E-state index in [9.17, 15) is 4.79 Å². The fraction of sp³-hybridized carbons (Fsp3) is 0.200. The average molecular weight is 269 g/mol. The number of hydrogen-bond acceptors (Lipinski definition) is 5. The minimum absolute atomic E-state index is 0.194. The van der Waals surface area contributed by atoms with E-state index in [1.165, 1.54) is 6.20 Å². The van der Waals surface area contributed by atoms with Gasteiger partial charge in [-0.3, -0.25) is 9.98 Å². The lowest BCUT2D eigenvalue weighted by molar-refractivity contribution is 0.0526. The minimum Gasteiger partial charge on any atom is -0.462 e. The number of esters is 1. The summed E-state index contributed by atoms with van der Waals surface area (Å²) in [6.45, 7) is 7.19. The molecule has 0 atom stereocenters. The number of carbonyl (C=O) groups is 1. The molecule has 0 bridgehead atoms. The molecule has 20 heavy (non-hydrogen) atoms. The van der Waals surface area contributed by atoms with Crippen LogP contribution in [-0.4, -0.2) is 24.3 Å². The SMILES string of the molecule is C=N/C(C#N)=C\C(=C/C)c1cncc(C(=O)OCC)c1. The summed E-state index contributed by atoms with van der Waals surface area (Å²) >= 11 is 0. The third-order valence-electron chi connectivity index (χ3n) is 2.47. The van der Waals surface area contributed by atoms with Crippen molar-refractivity contribution in [2.75, 3.05) is 6.61 Å². The number of rotatable bonds is 5. The molecule has 0 N–H and O–H groups in total. The summed E-state index contributed by atoms with van der Waals surface area (Å²) in [5.74, 6) is -0.427. The second-order valence-electron chi connectivity index (χ2n) is 3.73. The van der Waals surface area contributed by atoms with Crippen molar-refractivity contribution >= 4 is 18.3 Å². The van der Waals surface area contributed by atoms with Crippen LogP contribution in [0, 0.1) is 11.3 Å². The fourth-order valence-corrected chi connectivity index (χ4v) is 1.52. The van der Waals surface area contributed by atoms with E-state index in [1.54, 1.807) is 31.3 Å². The first-order valence-corrected chi connectivity index (χ1v) is 6.03. The summed E-state index contributed by atoms with van der Waals surface area (Å²) in [5, 5.41) is 8.86. The summed E-state index contributed by atoms with van der Waals surface area (Å²) in [6, 6.07) is 3.58. The van der Waals surface area contributed by atoms with Gasteiger partial charge in [0.1, 0.15) is 11.8 Å². The van der Waals surface area contributed by atoms with E-state index in [-0.39, 0.29) is 5.70 Å². The first-order valence-electron chi connectivity index (χ1n) is 6.03. The van der Waals surface area contributed by atoms with Crippen LogP contribution in [0.2, 0.25) is 0 Å². The molecule has 1 aromatic rings. The van der Waals surface area contributed by atoms with Crippen molar-refractivity contribution in [3.8, 4) is 6.07 Å². The Bertz CT molecular complexity index is 610. The zero-order valence-corrected chi connectivity index (χ0v) is 11.5. The maximum absolute atomic E-state index is 11.7. The van der Waals surface area contributed by atoms with Gasteiger partial charge in [-0.1, -0.05) is 6.08 Å². The van der Waals surface area contributed by atoms with E-state index in [1.807, 2.05) is 13.0 Å². The van der Waals surface area contributed by atoms with Gasteiger partial charge >= 0.3 is 5.97 Å². The molecule has 1 rings (SSSR count). The highest BCUT2D eigenvalue weighted by Crippen LogP contribution is 2.18. The van der Waals surface area contributed by atoms with Crippen LogP contribution in [0.3, 0.4) is 0 Å². The third kappa shape index (κ3) is 3.89. The maximum atomic E-state index is 11.7. The average Bonchev–Trinajstić information content (AvgIpc) is 2.49. The van der Waals surface area contributed by atoms with Crippen molar-refractivity contribution in [1.82, 2.24) is 4.98 Å². The molecule has 0 amide bonds. The largest absolute Gasteiger partial charge is 0.462 e. The first kappa shape index (κ1) is 15.3. The van der Waals surface area contributed by atoms with Crippen LogP contribution < -0.4 is 0 Å². The smallest absolute Gasteiger partial charge is 0.339 e. The highest BCUT2D eigenvalue weighted by atomic mass is 16.5. The molecule has 1 heterocycles. The van der Waals surface area contributed by atoms with Crippen LogP contribution in [0.4, 0.5) is 0 Å². The van der Waals surface area contributed by atoms with Gasteiger partial charge in [-0.25, -0.2) is 4.79 Å². The van der Waals surface area contributed by atoms with Gasteiger partial charge in [0.25, 0.3) is 0 Å². The molecule has 102 valence electrons. The summed E-state index contributed by atoms with van der Waals surface area (Å²) < 4.78 is 4.93. The van der Waals surface area contributed by atoms with Gasteiger partial charge < -0.3 is 4.74 Å². The molecule has 0 aliphatic carbocycles. The Hall–Kier alpha value is -2.74. The molecular weight excluding hydrogens is 254 g/mol. The van der Waals surface area contributed by atoms with Crippen molar-refractivity contribution < 1.29 is 9.53 Å². The van der Waals surface area contributed by atoms with Gasteiger partial charge in [0.2, 0.25) is 0 Å². The molecule has 0 spiro atoms. The Balaban J connectivity index is 3.16. The van der Waals surface area contributed by atoms with Crippen LogP contribution in [0.5, 0.6) is 0 Å². The van der Waals surface area contributed by atoms with Crippen LogP contribution in [0.1, 0.15) is 29.8 Å². The Morgan fingerprint density at radius 1 is 1.55 bits per heavy atom. The third-order valence-corrected chi connectivity index (χ3v) is 2.47. The molecule has 0 aliphatic heterocycles. The molecule has 0 saturated carbocycles. The quantitative estimate of drug-likeness (QED) is 0.356. The summed E-state index contributed by atoms with van der Waals surface area (Å²) in [7, 11) is 0. The van der Waals surface area contributed by atoms with E-state index < -0.39 is 5.97 Å². The van der Waals surface area contributed by atoms with Crippen molar-refractivity contribution in [1.29, 1.82) is 5.26 Å². The molecule has 0 aromatic carbocycles. The summed E-state index contributed by atoms with van der Waals surface area (Å²) in [5.41, 5.74) is 1.99. The number of carbonyl (C=O) groups excluding carboxylic acids is 1. The number of nitrogens with zero attached hydrogens (tertiary/aromatic N) is 3. The maximum Gasteiger partial charge on any atom is 0.339 e. The number of nitriles is 1. The first-order chi connectivity index (χ1) is 9.65. The minimum atomic E-state index is -0.427. The van der Waals surface area contributed by atoms with Gasteiger partial charge in [0, 0.05) is 18.0 Å². The Kier molecular flexibility index (Phi) is 5.85. The van der Waals surface area contributed by atoms with E-state index in [2.05, 4.69) is 16.7 Å². The van der Waals surface area contributed by atoms with E-state index in [0.717, 1.165) is 5.57 Å². The highest BCUT2D eigenvalue weighted by Gasteiger charge is 2.09. The van der Waals surface area contributed by atoms with Crippen LogP contribution in [0.25, 0.3) is 5.57 Å². The fourth-order valence-electron chi connectivity index (χ4n) is 1.52. The van der Waals surface area contributed by atoms with Crippen LogP contribution in [0.15, 0.2) is 41.3 Å². The molecule has 0 unspecified atom stereocenters. The zero-order valence-electron chi connectivity index (χ0n) is 11.5. The monoisotopic (exact) mass is 269 g/mol. The lowest BCUT2D eigenvalue weighted by atomic mass is 10.0. The predicted molar refractivity (Wildman–Crippen MR) is 77.1 cm³/mol. The normalized spacial score (nSPS) is 11.7. The van der Waals surface area contributed by atoms with E-state index in [4.69, 9.17) is 10.00 Å². The Labute approximate surface area is 117 Å². The van der Waals surface area contributed by atoms with Gasteiger partial charge in [0.05, 0.1) is 12.2 Å². The Morgan fingerprint density at radius 3 is 2.80 bits per heavy atom. The molecule has 0 aliphatic rings. The van der Waals surface area contributed by atoms with Crippen molar-refractivity contribution in [2.45, 2.75) is 13.8 Å². The van der Waals surface area contributed by atoms with Crippen molar-refractivity contribution in [3.63, 3.8) is 0 Å². The van der Waals surface area contributed by atoms with Gasteiger partial charge in [-0.2, -0.15) is 5.26 Å². The number of ether oxygens (including phenoxy) is 1. The standard InChI is InChI=1S/C15H15N3O2/c1-4-11(7-14(8-16)17-3)12-6-13(10-18-9-12)15(19)20-5-2/h4,6-7,9-10H,3,5H2,1-2H3/b11-4+,14-7-. The van der Waals surface area contributed by atoms with Crippen LogP contribution in [-0.2, 0) is 4.74 Å². The molecule has 5 nitrogen and oxygen atoms in total. The summed E-state index contributed by atoms with van der Waals surface area (Å²) in [6.07, 6.45) is 6.43. The predicted octanol–water partition coefficient (Wildman–Crippen LogP) is 2.77. The summed E-state index contributed by atoms with van der Waals surface area (Å²) in [4.78, 5) is 19.3. The molecule has 0 saturated heterocycles. The number of allylic oxidation sites excluding steroid dienone is 4. The van der Waals surface area contributed by atoms with Crippen molar-refractivity contribution in [3.05, 3.63) is 47.4 Å². The topological polar surface area (TPSA) is 75.3 Å². The lowest BCUT2D eigenvalue weighted by Gasteiger charge is -2.05. The molecule has 0 radical (unpaired) electrons. The molecule has 5 heteroatoms. The zero-order chi connectivity index (χ0) is 15.0. The second-order valence-corrected chi connectivity index (χ2v) is 3.73. The molecular formula is C15H15N3O2. The number of aromatic nitrogens is 1. The highest BCUT2D eigenvalue weighted by molar-refractivity contribution is 5.90. The number of pyridine rings is 1. The van der Waals surface area contributed by atoms with E-state index >= 15 is 0 Å². The van der Waals surface area contributed by atoms with Crippen LogP contribution >= 0.6 is 0 Å². The van der Waals surface area contributed by atoms with Gasteiger partial charge in [-0.15, -0.1) is 0 Å².